The van der Waals surface area contributed by atoms with Crippen molar-refractivity contribution in [2.24, 2.45) is 52.3 Å². The first kappa shape index (κ1) is 23.6. The zero-order valence-corrected chi connectivity index (χ0v) is 21.1. The second kappa shape index (κ2) is 8.65. The molecule has 0 aromatic carbocycles. The van der Waals surface area contributed by atoms with Crippen LogP contribution in [-0.2, 0) is 4.79 Å². The smallest absolute Gasteiger partial charge is 0.220 e. The van der Waals surface area contributed by atoms with Crippen LogP contribution in [0.5, 0.6) is 0 Å². The second-order valence-electron chi connectivity index (χ2n) is 13.1. The van der Waals surface area contributed by atoms with Gasteiger partial charge in [0.05, 0.1) is 6.10 Å². The summed E-state index contributed by atoms with van der Waals surface area (Å²) in [5.41, 5.74) is 0.803. The van der Waals surface area contributed by atoms with Gasteiger partial charge in [0.1, 0.15) is 0 Å². The van der Waals surface area contributed by atoms with Crippen molar-refractivity contribution in [3.63, 3.8) is 0 Å². The molecular formula is C28H49NO2. The summed E-state index contributed by atoms with van der Waals surface area (Å²) in [6.45, 7) is 14.0. The molecule has 31 heavy (non-hydrogen) atoms. The van der Waals surface area contributed by atoms with Gasteiger partial charge in [-0.3, -0.25) is 4.79 Å². The van der Waals surface area contributed by atoms with Gasteiger partial charge in [-0.1, -0.05) is 34.1 Å². The molecule has 0 aromatic heterocycles. The van der Waals surface area contributed by atoms with Gasteiger partial charge in [0.2, 0.25) is 5.91 Å². The Morgan fingerprint density at radius 3 is 2.39 bits per heavy atom. The van der Waals surface area contributed by atoms with Crippen LogP contribution in [-0.4, -0.2) is 23.2 Å². The molecule has 0 bridgehead atoms. The predicted octanol–water partition coefficient (Wildman–Crippen LogP) is 6.19. The molecule has 178 valence electrons. The first-order chi connectivity index (χ1) is 14.6. The number of fused-ring (bicyclic) bond motifs is 5. The molecule has 4 aliphatic rings. The minimum Gasteiger partial charge on any atom is -0.393 e. The number of amides is 1. The third-order valence-corrected chi connectivity index (χ3v) is 11.0. The van der Waals surface area contributed by atoms with Crippen LogP contribution in [0, 0.1) is 52.3 Å². The first-order valence-electron chi connectivity index (χ1n) is 13.5. The van der Waals surface area contributed by atoms with Gasteiger partial charge < -0.3 is 10.4 Å². The fourth-order valence-corrected chi connectivity index (χ4v) is 9.37. The largest absolute Gasteiger partial charge is 0.393 e. The topological polar surface area (TPSA) is 49.3 Å². The maximum atomic E-state index is 12.2. The normalized spacial score (nSPS) is 47.9. The summed E-state index contributed by atoms with van der Waals surface area (Å²) in [4.78, 5) is 12.2. The van der Waals surface area contributed by atoms with Gasteiger partial charge in [-0.15, -0.1) is 0 Å². The van der Waals surface area contributed by atoms with Crippen molar-refractivity contribution in [2.45, 2.75) is 118 Å². The molecule has 0 heterocycles. The van der Waals surface area contributed by atoms with Crippen molar-refractivity contribution in [3.8, 4) is 0 Å². The highest BCUT2D eigenvalue weighted by atomic mass is 16.3. The fraction of sp³-hybridized carbons (Fsp3) is 0.964. The van der Waals surface area contributed by atoms with Crippen LogP contribution in [0.1, 0.15) is 106 Å². The lowest BCUT2D eigenvalue weighted by Gasteiger charge is -2.62. The van der Waals surface area contributed by atoms with Gasteiger partial charge in [-0.05, 0) is 117 Å². The van der Waals surface area contributed by atoms with E-state index >= 15 is 0 Å². The third kappa shape index (κ3) is 4.11. The van der Waals surface area contributed by atoms with E-state index in [9.17, 15) is 9.90 Å². The number of aliphatic hydroxyl groups excluding tert-OH is 1. The maximum absolute atomic E-state index is 12.2. The molecule has 0 radical (unpaired) electrons. The van der Waals surface area contributed by atoms with Gasteiger partial charge in [-0.25, -0.2) is 0 Å². The summed E-state index contributed by atoms with van der Waals surface area (Å²) in [7, 11) is 0. The van der Waals surface area contributed by atoms with Crippen LogP contribution in [0.2, 0.25) is 0 Å². The Bertz CT molecular complexity index is 661. The van der Waals surface area contributed by atoms with Gasteiger partial charge in [0.15, 0.2) is 0 Å². The minimum atomic E-state index is -0.0936. The molecule has 0 spiro atoms. The number of hydrogen-bond donors (Lipinski definition) is 2. The fourth-order valence-electron chi connectivity index (χ4n) is 9.37. The summed E-state index contributed by atoms with van der Waals surface area (Å²) in [6.07, 6.45) is 11.9. The van der Waals surface area contributed by atoms with E-state index in [-0.39, 0.29) is 18.1 Å². The van der Waals surface area contributed by atoms with E-state index in [4.69, 9.17) is 0 Å². The Morgan fingerprint density at radius 2 is 1.68 bits per heavy atom. The van der Waals surface area contributed by atoms with Crippen LogP contribution < -0.4 is 5.32 Å². The molecule has 3 heteroatoms. The molecule has 1 amide bonds. The van der Waals surface area contributed by atoms with E-state index in [0.717, 1.165) is 30.6 Å². The van der Waals surface area contributed by atoms with Crippen LogP contribution in [0.25, 0.3) is 0 Å². The maximum Gasteiger partial charge on any atom is 0.220 e. The lowest BCUT2D eigenvalue weighted by Crippen LogP contribution is -2.58. The Balaban J connectivity index is 1.47. The molecule has 0 aliphatic heterocycles. The number of carbonyl (C=O) groups excluding carboxylic acids is 1. The Labute approximate surface area is 191 Å². The summed E-state index contributed by atoms with van der Waals surface area (Å²) < 4.78 is 0. The zero-order valence-electron chi connectivity index (χ0n) is 21.1. The molecule has 4 aliphatic carbocycles. The monoisotopic (exact) mass is 431 g/mol. The molecule has 0 aromatic rings. The average molecular weight is 432 g/mol. The van der Waals surface area contributed by atoms with Gasteiger partial charge in [0.25, 0.3) is 0 Å². The van der Waals surface area contributed by atoms with Crippen LogP contribution in [0.4, 0.5) is 0 Å². The van der Waals surface area contributed by atoms with Crippen LogP contribution in [0.15, 0.2) is 0 Å². The summed E-state index contributed by atoms with van der Waals surface area (Å²) in [5.74, 6) is 4.97. The number of nitrogens with one attached hydrogen (secondary N) is 1. The van der Waals surface area contributed by atoms with E-state index in [1.54, 1.807) is 0 Å². The van der Waals surface area contributed by atoms with Crippen molar-refractivity contribution in [1.82, 2.24) is 5.32 Å². The van der Waals surface area contributed by atoms with E-state index in [1.807, 2.05) is 13.8 Å². The highest BCUT2D eigenvalue weighted by Crippen LogP contribution is 2.68. The minimum absolute atomic E-state index is 0.0936. The van der Waals surface area contributed by atoms with E-state index in [2.05, 4.69) is 33.0 Å². The van der Waals surface area contributed by atoms with E-state index in [0.29, 0.717) is 40.9 Å². The lowest BCUT2D eigenvalue weighted by atomic mass is 9.43. The average Bonchev–Trinajstić information content (AvgIpc) is 3.04. The first-order valence-corrected chi connectivity index (χ1v) is 13.5. The highest BCUT2D eigenvalue weighted by Gasteiger charge is 2.62. The van der Waals surface area contributed by atoms with Crippen LogP contribution >= 0.6 is 0 Å². The summed E-state index contributed by atoms with van der Waals surface area (Å²) >= 11 is 0. The molecule has 0 unspecified atom stereocenters. The molecule has 0 saturated heterocycles. The predicted molar refractivity (Wildman–Crippen MR) is 127 cm³/mol. The molecule has 4 fully saturated rings. The lowest BCUT2D eigenvalue weighted by molar-refractivity contribution is -0.168. The molecular weight excluding hydrogens is 382 g/mol. The summed E-state index contributed by atoms with van der Waals surface area (Å²) in [5, 5.41) is 14.5. The number of carbonyl (C=O) groups is 1. The number of aliphatic hydroxyl groups is 1. The standard InChI is InChI=1S/C28H49NO2/c1-17(2)29-25(31)10-7-19(4)21-8-9-22-26-23(12-14-28(21,22)6)27(5)13-11-18(3)15-20(27)16-24(26)30/h17-24,26,30H,7-16H2,1-6H3,(H,29,31)/t18-,19-,20+,21-,22+,23+,24-,26+,27+,28-/m0/s1. The van der Waals surface area contributed by atoms with E-state index in [1.165, 1.54) is 44.9 Å². The Hall–Kier alpha value is -0.570. The third-order valence-electron chi connectivity index (χ3n) is 11.0. The van der Waals surface area contributed by atoms with Crippen LogP contribution in [0.3, 0.4) is 0 Å². The Kier molecular flexibility index (Phi) is 6.58. The van der Waals surface area contributed by atoms with E-state index < -0.39 is 0 Å². The van der Waals surface area contributed by atoms with Crippen molar-refractivity contribution in [2.75, 3.05) is 0 Å². The van der Waals surface area contributed by atoms with Gasteiger partial charge >= 0.3 is 0 Å². The molecule has 10 atom stereocenters. The van der Waals surface area contributed by atoms with Crippen molar-refractivity contribution >= 4 is 5.91 Å². The summed E-state index contributed by atoms with van der Waals surface area (Å²) in [6, 6.07) is 0.229. The SMILES string of the molecule is CC(C)NC(=O)CC[C@H](C)[C@@H]1CC[C@@H]2[C@@H]3[C@@H](CC[C@]21C)[C@]1(C)CC[C@H](C)C[C@@H]1C[C@@H]3O. The Morgan fingerprint density at radius 1 is 1.00 bits per heavy atom. The van der Waals surface area contributed by atoms with Gasteiger partial charge in [0, 0.05) is 12.5 Å². The molecule has 4 rings (SSSR count). The van der Waals surface area contributed by atoms with Crippen molar-refractivity contribution < 1.29 is 9.90 Å². The van der Waals surface area contributed by atoms with Crippen molar-refractivity contribution in [1.29, 1.82) is 0 Å². The van der Waals surface area contributed by atoms with Crippen molar-refractivity contribution in [3.05, 3.63) is 0 Å². The number of rotatable bonds is 5. The highest BCUT2D eigenvalue weighted by molar-refractivity contribution is 5.76. The zero-order chi connectivity index (χ0) is 22.6. The molecule has 4 saturated carbocycles. The molecule has 3 nitrogen and oxygen atoms in total. The second-order valence-corrected chi connectivity index (χ2v) is 13.1. The quantitative estimate of drug-likeness (QED) is 0.545. The number of hydrogen-bond acceptors (Lipinski definition) is 2. The molecule has 2 N–H and O–H groups in total. The van der Waals surface area contributed by atoms with Gasteiger partial charge in [-0.2, -0.15) is 0 Å².